The van der Waals surface area contributed by atoms with E-state index in [1.165, 1.54) is 4.57 Å². The minimum atomic E-state index is -0.373. The molecule has 1 fully saturated rings. The van der Waals surface area contributed by atoms with Crippen molar-refractivity contribution in [1.82, 2.24) is 14.5 Å². The number of fused-ring (bicyclic) bond motifs is 2. The molecule has 0 spiro atoms. The van der Waals surface area contributed by atoms with E-state index in [4.69, 9.17) is 0 Å². The fraction of sp³-hybridized carbons (Fsp3) is 0.304. The average Bonchev–Trinajstić information content (AvgIpc) is 3.25. The SMILES string of the molecule is O=c1[nH]c2ccccc2c(=O)n1C[C@H]1CC[C@H](C(=O)Nc2ccc3ncsc3c2)CC1. The van der Waals surface area contributed by atoms with Crippen LogP contribution >= 0.6 is 11.3 Å². The smallest absolute Gasteiger partial charge is 0.326 e. The molecule has 1 aliphatic rings. The number of hydrogen-bond donors (Lipinski definition) is 2. The van der Waals surface area contributed by atoms with Crippen molar-refractivity contribution >= 4 is 44.1 Å². The number of anilines is 1. The number of benzene rings is 2. The largest absolute Gasteiger partial charge is 0.328 e. The maximum absolute atomic E-state index is 12.7. The number of aromatic amines is 1. The van der Waals surface area contributed by atoms with Gasteiger partial charge in [0.25, 0.3) is 5.56 Å². The monoisotopic (exact) mass is 434 g/mol. The molecule has 158 valence electrons. The Balaban J connectivity index is 1.23. The molecule has 31 heavy (non-hydrogen) atoms. The number of rotatable bonds is 4. The minimum absolute atomic E-state index is 0.0306. The standard InChI is InChI=1S/C23H22N4O3S/c28-21(25-16-9-10-19-20(11-16)31-13-24-19)15-7-5-14(6-8-15)12-27-22(29)17-3-1-2-4-18(17)26-23(27)30/h1-4,9-11,13-15H,5-8,12H2,(H,25,28)(H,26,30)/t14-,15-. The van der Waals surface area contributed by atoms with Gasteiger partial charge < -0.3 is 10.3 Å². The summed E-state index contributed by atoms with van der Waals surface area (Å²) in [4.78, 5) is 44.9. The lowest BCUT2D eigenvalue weighted by Gasteiger charge is -2.28. The zero-order valence-electron chi connectivity index (χ0n) is 16.8. The molecule has 0 bridgehead atoms. The molecule has 2 heterocycles. The van der Waals surface area contributed by atoms with Gasteiger partial charge in [-0.1, -0.05) is 12.1 Å². The highest BCUT2D eigenvalue weighted by atomic mass is 32.1. The maximum Gasteiger partial charge on any atom is 0.328 e. The molecule has 4 aromatic rings. The molecule has 2 aromatic carbocycles. The Bertz CT molecular complexity index is 1380. The Morgan fingerprint density at radius 3 is 2.77 bits per heavy atom. The van der Waals surface area contributed by atoms with Gasteiger partial charge in [-0.2, -0.15) is 0 Å². The van der Waals surface area contributed by atoms with Crippen molar-refractivity contribution in [2.75, 3.05) is 5.32 Å². The van der Waals surface area contributed by atoms with Crippen molar-refractivity contribution in [3.05, 3.63) is 68.8 Å². The fourth-order valence-electron chi connectivity index (χ4n) is 4.41. The third-order valence-corrected chi connectivity index (χ3v) is 6.94. The van der Waals surface area contributed by atoms with Crippen LogP contribution < -0.4 is 16.6 Å². The molecule has 0 unspecified atom stereocenters. The molecular formula is C23H22N4O3S. The number of carbonyl (C=O) groups is 1. The lowest BCUT2D eigenvalue weighted by molar-refractivity contribution is -0.121. The summed E-state index contributed by atoms with van der Waals surface area (Å²) in [6, 6.07) is 12.8. The van der Waals surface area contributed by atoms with Gasteiger partial charge in [0.05, 0.1) is 26.6 Å². The third-order valence-electron chi connectivity index (χ3n) is 6.15. The number of amides is 1. The second-order valence-electron chi connectivity index (χ2n) is 8.13. The first-order chi connectivity index (χ1) is 15.1. The number of para-hydroxylation sites is 1. The van der Waals surface area contributed by atoms with E-state index < -0.39 is 0 Å². The predicted octanol–water partition coefficient (Wildman–Crippen LogP) is 3.74. The lowest BCUT2D eigenvalue weighted by Crippen LogP contribution is -2.38. The van der Waals surface area contributed by atoms with Crippen LogP contribution in [0.25, 0.3) is 21.1 Å². The normalized spacial score (nSPS) is 19.0. The van der Waals surface area contributed by atoms with E-state index in [2.05, 4.69) is 15.3 Å². The molecule has 2 N–H and O–H groups in total. The summed E-state index contributed by atoms with van der Waals surface area (Å²) in [6.45, 7) is 0.384. The van der Waals surface area contributed by atoms with Crippen LogP contribution in [-0.4, -0.2) is 20.4 Å². The number of hydrogen-bond acceptors (Lipinski definition) is 5. The molecule has 5 rings (SSSR count). The van der Waals surface area contributed by atoms with Crippen LogP contribution in [-0.2, 0) is 11.3 Å². The van der Waals surface area contributed by atoms with Crippen LogP contribution in [0.4, 0.5) is 5.69 Å². The molecule has 0 atom stereocenters. The maximum atomic E-state index is 12.7. The quantitative estimate of drug-likeness (QED) is 0.511. The van der Waals surface area contributed by atoms with Crippen molar-refractivity contribution in [3.8, 4) is 0 Å². The van der Waals surface area contributed by atoms with E-state index in [1.54, 1.807) is 41.1 Å². The van der Waals surface area contributed by atoms with E-state index in [1.807, 2.05) is 18.2 Å². The first kappa shape index (κ1) is 19.7. The first-order valence-corrected chi connectivity index (χ1v) is 11.3. The van der Waals surface area contributed by atoms with Gasteiger partial charge in [0.2, 0.25) is 5.91 Å². The highest BCUT2D eigenvalue weighted by molar-refractivity contribution is 7.16. The molecule has 0 radical (unpaired) electrons. The lowest BCUT2D eigenvalue weighted by atomic mass is 9.81. The molecular weight excluding hydrogens is 412 g/mol. The summed E-state index contributed by atoms with van der Waals surface area (Å²) in [5.74, 6) is 0.181. The summed E-state index contributed by atoms with van der Waals surface area (Å²) >= 11 is 1.55. The predicted molar refractivity (Wildman–Crippen MR) is 123 cm³/mol. The highest BCUT2D eigenvalue weighted by Gasteiger charge is 2.27. The molecule has 8 heteroatoms. The number of thiazole rings is 1. The zero-order chi connectivity index (χ0) is 21.4. The van der Waals surface area contributed by atoms with Crippen LogP contribution in [0.1, 0.15) is 25.7 Å². The van der Waals surface area contributed by atoms with Gasteiger partial charge in [-0.25, -0.2) is 9.78 Å². The van der Waals surface area contributed by atoms with E-state index in [0.29, 0.717) is 17.4 Å². The second kappa shape index (κ2) is 8.11. The van der Waals surface area contributed by atoms with E-state index in [-0.39, 0.29) is 29.0 Å². The van der Waals surface area contributed by atoms with Gasteiger partial charge in [0.1, 0.15) is 0 Å². The fourth-order valence-corrected chi connectivity index (χ4v) is 5.12. The zero-order valence-corrected chi connectivity index (χ0v) is 17.7. The Morgan fingerprint density at radius 1 is 1.13 bits per heavy atom. The van der Waals surface area contributed by atoms with Crippen molar-refractivity contribution < 1.29 is 4.79 Å². The van der Waals surface area contributed by atoms with Crippen LogP contribution in [0.2, 0.25) is 0 Å². The van der Waals surface area contributed by atoms with Crippen LogP contribution in [0, 0.1) is 11.8 Å². The molecule has 0 aliphatic heterocycles. The molecule has 1 aliphatic carbocycles. The van der Waals surface area contributed by atoms with Crippen LogP contribution in [0.15, 0.2) is 57.6 Å². The summed E-state index contributed by atoms with van der Waals surface area (Å²) in [6.07, 6.45) is 3.12. The van der Waals surface area contributed by atoms with Crippen molar-refractivity contribution in [2.45, 2.75) is 32.2 Å². The summed E-state index contributed by atoms with van der Waals surface area (Å²) in [5.41, 5.74) is 3.45. The molecule has 1 saturated carbocycles. The number of nitrogens with one attached hydrogen (secondary N) is 2. The van der Waals surface area contributed by atoms with Crippen LogP contribution in [0.3, 0.4) is 0 Å². The average molecular weight is 435 g/mol. The Hall–Kier alpha value is -3.26. The number of nitrogens with zero attached hydrogens (tertiary/aromatic N) is 2. The topological polar surface area (TPSA) is 96.9 Å². The van der Waals surface area contributed by atoms with Gasteiger partial charge in [0, 0.05) is 18.2 Å². The number of H-pyrrole nitrogens is 1. The first-order valence-electron chi connectivity index (χ1n) is 10.4. The van der Waals surface area contributed by atoms with E-state index in [9.17, 15) is 14.4 Å². The molecule has 2 aromatic heterocycles. The Kier molecular flexibility index (Phi) is 5.15. The van der Waals surface area contributed by atoms with Crippen LogP contribution in [0.5, 0.6) is 0 Å². The Labute approximate surface area is 181 Å². The van der Waals surface area contributed by atoms with Crippen molar-refractivity contribution in [2.24, 2.45) is 11.8 Å². The second-order valence-corrected chi connectivity index (χ2v) is 9.02. The van der Waals surface area contributed by atoms with Gasteiger partial charge in [-0.05, 0) is 61.9 Å². The van der Waals surface area contributed by atoms with E-state index >= 15 is 0 Å². The van der Waals surface area contributed by atoms with Gasteiger partial charge in [0.15, 0.2) is 0 Å². The molecule has 1 amide bonds. The summed E-state index contributed by atoms with van der Waals surface area (Å²) in [7, 11) is 0. The van der Waals surface area contributed by atoms with Gasteiger partial charge in [-0.3, -0.25) is 14.2 Å². The summed E-state index contributed by atoms with van der Waals surface area (Å²) < 4.78 is 2.35. The van der Waals surface area contributed by atoms with Crippen molar-refractivity contribution in [1.29, 1.82) is 0 Å². The molecule has 7 nitrogen and oxygen atoms in total. The number of aromatic nitrogens is 3. The highest BCUT2D eigenvalue weighted by Crippen LogP contribution is 2.31. The van der Waals surface area contributed by atoms with Gasteiger partial charge in [-0.15, -0.1) is 11.3 Å². The summed E-state index contributed by atoms with van der Waals surface area (Å²) in [5, 5.41) is 3.55. The minimum Gasteiger partial charge on any atom is -0.326 e. The van der Waals surface area contributed by atoms with E-state index in [0.717, 1.165) is 41.6 Å². The third kappa shape index (κ3) is 3.90. The van der Waals surface area contributed by atoms with Gasteiger partial charge >= 0.3 is 5.69 Å². The van der Waals surface area contributed by atoms with Crippen molar-refractivity contribution in [3.63, 3.8) is 0 Å². The Morgan fingerprint density at radius 2 is 1.94 bits per heavy atom. The number of carbonyl (C=O) groups excluding carboxylic acids is 1. The molecule has 0 saturated heterocycles.